The second-order valence-corrected chi connectivity index (χ2v) is 25.6. The second-order valence-electron chi connectivity index (χ2n) is 25.6. The van der Waals surface area contributed by atoms with Gasteiger partial charge in [-0.2, -0.15) is 0 Å². The molecule has 0 aromatic carbocycles. The van der Waals surface area contributed by atoms with E-state index in [1.54, 1.807) is 0 Å². The number of rotatable bonds is 70. The molecule has 0 aromatic rings. The van der Waals surface area contributed by atoms with Crippen molar-refractivity contribution in [2.75, 3.05) is 13.2 Å². The van der Waals surface area contributed by atoms with Crippen LogP contribution in [0.15, 0.2) is 12.2 Å². The highest BCUT2D eigenvalue weighted by Gasteiger charge is 2.20. The van der Waals surface area contributed by atoms with Gasteiger partial charge in [-0.15, -0.1) is 0 Å². The highest BCUT2D eigenvalue weighted by atomic mass is 16.5. The van der Waals surface area contributed by atoms with E-state index in [2.05, 4.69) is 31.3 Å². The lowest BCUT2D eigenvalue weighted by Gasteiger charge is -2.22. The Morgan fingerprint density at radius 2 is 0.588 bits per heavy atom. The van der Waals surface area contributed by atoms with Gasteiger partial charge < -0.3 is 20.3 Å². The van der Waals surface area contributed by atoms with Crippen molar-refractivity contribution in [3.8, 4) is 0 Å². The highest BCUT2D eigenvalue weighted by Crippen LogP contribution is 2.20. The number of hydrogen-bond acceptors (Lipinski definition) is 5. The number of nitrogens with one attached hydrogen (secondary N) is 1. The van der Waals surface area contributed by atoms with Gasteiger partial charge in [0.2, 0.25) is 5.91 Å². The van der Waals surface area contributed by atoms with Gasteiger partial charge in [-0.25, -0.2) is 0 Å². The van der Waals surface area contributed by atoms with Crippen LogP contribution in [0, 0.1) is 0 Å². The number of carbonyl (C=O) groups excluding carboxylic acids is 2. The molecule has 476 valence electrons. The smallest absolute Gasteiger partial charge is 0.305 e. The van der Waals surface area contributed by atoms with E-state index in [0.29, 0.717) is 25.9 Å². The molecule has 0 bridgehead atoms. The van der Waals surface area contributed by atoms with Gasteiger partial charge in [0.25, 0.3) is 0 Å². The number of allylic oxidation sites excluding steroid dienone is 2. The van der Waals surface area contributed by atoms with Crippen molar-refractivity contribution in [1.29, 1.82) is 0 Å². The van der Waals surface area contributed by atoms with E-state index in [9.17, 15) is 19.8 Å². The van der Waals surface area contributed by atoms with Crippen LogP contribution in [0.2, 0.25) is 0 Å². The Balaban J connectivity index is 3.33. The second kappa shape index (κ2) is 70.1. The van der Waals surface area contributed by atoms with Gasteiger partial charge in [0.05, 0.1) is 25.4 Å². The first-order valence-corrected chi connectivity index (χ1v) is 36.9. The lowest BCUT2D eigenvalue weighted by atomic mass is 10.0. The van der Waals surface area contributed by atoms with Crippen LogP contribution in [0.4, 0.5) is 0 Å². The molecule has 0 heterocycles. The zero-order chi connectivity index (χ0) is 57.8. The highest BCUT2D eigenvalue weighted by molar-refractivity contribution is 5.76. The number of unbranched alkanes of at least 4 members (excludes halogenated alkanes) is 57. The molecule has 2 unspecified atom stereocenters. The van der Waals surface area contributed by atoms with E-state index in [1.165, 1.54) is 347 Å². The van der Waals surface area contributed by atoms with Gasteiger partial charge in [-0.1, -0.05) is 373 Å². The van der Waals surface area contributed by atoms with Crippen LogP contribution in [-0.2, 0) is 14.3 Å². The van der Waals surface area contributed by atoms with Gasteiger partial charge >= 0.3 is 5.97 Å². The third-order valence-electron chi connectivity index (χ3n) is 17.6. The number of ether oxygens (including phenoxy) is 1. The van der Waals surface area contributed by atoms with Crippen molar-refractivity contribution in [3.63, 3.8) is 0 Å². The summed E-state index contributed by atoms with van der Waals surface area (Å²) < 4.78 is 5.48. The molecule has 0 spiro atoms. The van der Waals surface area contributed by atoms with Crippen molar-refractivity contribution < 1.29 is 24.5 Å². The lowest BCUT2D eigenvalue weighted by molar-refractivity contribution is -0.143. The summed E-state index contributed by atoms with van der Waals surface area (Å²) in [5.74, 6) is -0.0142. The van der Waals surface area contributed by atoms with E-state index in [0.717, 1.165) is 44.9 Å². The summed E-state index contributed by atoms with van der Waals surface area (Å²) in [6.07, 6.45) is 87.1. The number of amides is 1. The minimum Gasteiger partial charge on any atom is -0.466 e. The molecular weight excluding hydrogens is 983 g/mol. The molecule has 0 saturated heterocycles. The molecule has 0 aliphatic heterocycles. The summed E-state index contributed by atoms with van der Waals surface area (Å²) in [6, 6.07) is -0.538. The zero-order valence-electron chi connectivity index (χ0n) is 54.6. The van der Waals surface area contributed by atoms with E-state index >= 15 is 0 Å². The Bertz CT molecular complexity index is 1210. The van der Waals surface area contributed by atoms with Gasteiger partial charge in [-0.05, 0) is 51.4 Å². The maximum atomic E-state index is 12.5. The quantitative estimate of drug-likeness (QED) is 0.0320. The molecule has 6 heteroatoms. The first-order chi connectivity index (χ1) is 39.5. The molecule has 0 rings (SSSR count). The maximum Gasteiger partial charge on any atom is 0.305 e. The van der Waals surface area contributed by atoms with E-state index in [1.807, 2.05) is 0 Å². The number of carbonyl (C=O) groups is 2. The standard InChI is InChI=1S/C74H145NO5/c1-3-5-7-9-11-13-15-17-18-19-20-34-37-40-43-46-50-54-58-62-66-72(77)71(70-76)75-73(78)67-63-59-55-51-47-44-41-38-35-32-30-28-26-24-22-21-23-25-27-29-31-33-36-39-42-45-49-53-57-61-65-69-80-74(79)68-64-60-56-52-48-16-14-12-10-8-6-4-2/h12,14,71-72,76-77H,3-11,13,15-70H2,1-2H3,(H,75,78)/b14-12-. The summed E-state index contributed by atoms with van der Waals surface area (Å²) >= 11 is 0. The Kier molecular flexibility index (Phi) is 68.9. The molecule has 0 aromatic heterocycles. The fraction of sp³-hybridized carbons (Fsp3) is 0.946. The number of aliphatic hydroxyl groups excluding tert-OH is 2. The fourth-order valence-electron chi connectivity index (χ4n) is 11.9. The molecule has 0 aliphatic carbocycles. The number of hydrogen-bond donors (Lipinski definition) is 3. The Morgan fingerprint density at radius 1 is 0.338 bits per heavy atom. The SMILES string of the molecule is CCCCC/C=C\CCCCCCCC(=O)OCCCCCCCCCCCCCCCCCCCCCCCCCCCCCCCCCC(=O)NC(CO)C(O)CCCCCCCCCCCCCCCCCCCCCC. The van der Waals surface area contributed by atoms with Crippen LogP contribution >= 0.6 is 0 Å². The van der Waals surface area contributed by atoms with Crippen LogP contribution < -0.4 is 5.32 Å². The summed E-state index contributed by atoms with van der Waals surface area (Å²) in [7, 11) is 0. The monoisotopic (exact) mass is 1130 g/mol. The largest absolute Gasteiger partial charge is 0.466 e. The van der Waals surface area contributed by atoms with Crippen LogP contribution in [0.25, 0.3) is 0 Å². The average Bonchev–Trinajstić information content (AvgIpc) is 3.46. The fourth-order valence-corrected chi connectivity index (χ4v) is 11.9. The summed E-state index contributed by atoms with van der Waals surface area (Å²) in [6.45, 7) is 4.98. The summed E-state index contributed by atoms with van der Waals surface area (Å²) in [5, 5.41) is 23.4. The number of esters is 1. The topological polar surface area (TPSA) is 95.9 Å². The van der Waals surface area contributed by atoms with Crippen molar-refractivity contribution in [1.82, 2.24) is 5.32 Å². The van der Waals surface area contributed by atoms with E-state index in [-0.39, 0.29) is 18.5 Å². The van der Waals surface area contributed by atoms with Crippen molar-refractivity contribution >= 4 is 11.9 Å². The maximum absolute atomic E-state index is 12.5. The van der Waals surface area contributed by atoms with Gasteiger partial charge in [0, 0.05) is 12.8 Å². The van der Waals surface area contributed by atoms with Crippen LogP contribution in [0.1, 0.15) is 425 Å². The normalized spacial score (nSPS) is 12.5. The molecule has 3 N–H and O–H groups in total. The minimum atomic E-state index is -0.661. The van der Waals surface area contributed by atoms with E-state index in [4.69, 9.17) is 4.74 Å². The van der Waals surface area contributed by atoms with Gasteiger partial charge in [-0.3, -0.25) is 9.59 Å². The average molecular weight is 1130 g/mol. The lowest BCUT2D eigenvalue weighted by Crippen LogP contribution is -2.45. The molecule has 0 aliphatic rings. The Hall–Kier alpha value is -1.40. The molecule has 0 fully saturated rings. The molecule has 6 nitrogen and oxygen atoms in total. The van der Waals surface area contributed by atoms with Gasteiger partial charge in [0.15, 0.2) is 0 Å². The molecule has 0 radical (unpaired) electrons. The summed E-state index contributed by atoms with van der Waals surface area (Å²) in [5.41, 5.74) is 0. The minimum absolute atomic E-state index is 0.0115. The van der Waals surface area contributed by atoms with E-state index < -0.39 is 12.1 Å². The summed E-state index contributed by atoms with van der Waals surface area (Å²) in [4.78, 5) is 24.6. The van der Waals surface area contributed by atoms with Crippen LogP contribution in [-0.4, -0.2) is 47.4 Å². The van der Waals surface area contributed by atoms with Crippen molar-refractivity contribution in [2.24, 2.45) is 0 Å². The molecular formula is C74H145NO5. The Labute approximate surface area is 501 Å². The third kappa shape index (κ3) is 65.7. The van der Waals surface area contributed by atoms with Gasteiger partial charge in [0.1, 0.15) is 0 Å². The predicted octanol–water partition coefficient (Wildman–Crippen LogP) is 23.9. The third-order valence-corrected chi connectivity index (χ3v) is 17.6. The van der Waals surface area contributed by atoms with Crippen molar-refractivity contribution in [3.05, 3.63) is 12.2 Å². The molecule has 0 saturated carbocycles. The Morgan fingerprint density at radius 3 is 0.912 bits per heavy atom. The van der Waals surface area contributed by atoms with Crippen LogP contribution in [0.5, 0.6) is 0 Å². The molecule has 2 atom stereocenters. The van der Waals surface area contributed by atoms with Crippen molar-refractivity contribution in [2.45, 2.75) is 437 Å². The number of aliphatic hydroxyl groups is 2. The predicted molar refractivity (Wildman–Crippen MR) is 352 cm³/mol. The van der Waals surface area contributed by atoms with Crippen LogP contribution in [0.3, 0.4) is 0 Å². The first-order valence-electron chi connectivity index (χ1n) is 36.9. The molecule has 1 amide bonds. The molecule has 80 heavy (non-hydrogen) atoms. The first kappa shape index (κ1) is 78.6. The zero-order valence-corrected chi connectivity index (χ0v) is 54.6.